The third kappa shape index (κ3) is 4.28. The molecule has 2 aromatic rings. The molecule has 0 spiro atoms. The van der Waals surface area contributed by atoms with Crippen molar-refractivity contribution in [1.82, 2.24) is 0 Å². The van der Waals surface area contributed by atoms with Crippen LogP contribution in [0.2, 0.25) is 0 Å². The number of carbonyl (C=O) groups excluding carboxylic acids is 1. The number of carboxylic acid groups (broad SMARTS) is 4. The van der Waals surface area contributed by atoms with Crippen molar-refractivity contribution in [1.29, 1.82) is 0 Å². The van der Waals surface area contributed by atoms with Gasteiger partial charge in [-0.15, -0.1) is 12.4 Å². The summed E-state index contributed by atoms with van der Waals surface area (Å²) < 4.78 is 0. The molecule has 27 heavy (non-hydrogen) atoms. The highest BCUT2D eigenvalue weighted by Gasteiger charge is 2.22. The van der Waals surface area contributed by atoms with E-state index in [1.54, 1.807) is 0 Å². The molecule has 0 unspecified atom stereocenters. The average Bonchev–Trinajstić information content (AvgIpc) is 2.59. The Morgan fingerprint density at radius 3 is 1.07 bits per heavy atom. The summed E-state index contributed by atoms with van der Waals surface area (Å²) in [6, 6.07) is 5.79. The molecule has 0 aliphatic heterocycles. The second-order valence-electron chi connectivity index (χ2n) is 5.07. The number of carbonyl (C=O) groups is 5. The lowest BCUT2D eigenvalue weighted by Gasteiger charge is -2.08. The number of hydrogen-bond donors (Lipinski definition) is 4. The van der Waals surface area contributed by atoms with Gasteiger partial charge in [-0.25, -0.2) is 19.2 Å². The third-order valence-corrected chi connectivity index (χ3v) is 3.49. The number of rotatable bonds is 6. The minimum absolute atomic E-state index is 0. The highest BCUT2D eigenvalue weighted by Crippen LogP contribution is 2.19. The maximum absolute atomic E-state index is 12.5. The fraction of sp³-hybridized carbons (Fsp3) is 0. The molecule has 0 atom stereocenters. The zero-order valence-electron chi connectivity index (χ0n) is 13.2. The number of benzene rings is 2. The number of ketones is 1. The van der Waals surface area contributed by atoms with E-state index in [1.165, 1.54) is 0 Å². The number of hydrogen-bond acceptors (Lipinski definition) is 5. The Labute approximate surface area is 156 Å². The van der Waals surface area contributed by atoms with Gasteiger partial charge in [-0.3, -0.25) is 4.79 Å². The van der Waals surface area contributed by atoms with Gasteiger partial charge >= 0.3 is 23.9 Å². The fourth-order valence-electron chi connectivity index (χ4n) is 2.26. The monoisotopic (exact) mass is 394 g/mol. The van der Waals surface area contributed by atoms with Crippen LogP contribution in [-0.2, 0) is 0 Å². The lowest BCUT2D eigenvalue weighted by molar-refractivity contribution is 0.0651. The molecule has 0 saturated carbocycles. The van der Waals surface area contributed by atoms with Gasteiger partial charge in [0, 0.05) is 11.1 Å². The molecule has 0 aliphatic rings. The largest absolute Gasteiger partial charge is 0.478 e. The maximum atomic E-state index is 12.5. The van der Waals surface area contributed by atoms with Crippen molar-refractivity contribution in [3.8, 4) is 0 Å². The number of aromatic carboxylic acids is 4. The molecular formula is C17H11ClO9. The lowest BCUT2D eigenvalue weighted by atomic mass is 9.95. The predicted molar refractivity (Wildman–Crippen MR) is 91.4 cm³/mol. The van der Waals surface area contributed by atoms with Crippen LogP contribution in [0.1, 0.15) is 57.4 Å². The summed E-state index contributed by atoms with van der Waals surface area (Å²) in [6.45, 7) is 0. The maximum Gasteiger partial charge on any atom is 0.336 e. The SMILES string of the molecule is Cl.O=C(c1ccc(C(=O)O)c(C(=O)O)c1)c1ccc(C(=O)O)c(C(=O)O)c1. The molecule has 10 heteroatoms. The van der Waals surface area contributed by atoms with Gasteiger partial charge in [0.15, 0.2) is 5.78 Å². The first-order valence-corrected chi connectivity index (χ1v) is 6.89. The standard InChI is InChI=1S/C17H10O9.ClH/c18-13(7-1-3-9(14(19)20)11(5-7)16(23)24)8-2-4-10(15(21)22)12(6-8)17(25)26;/h1-6H,(H,19,20)(H,21,22)(H,23,24)(H,25,26);1H. The van der Waals surface area contributed by atoms with Crippen LogP contribution >= 0.6 is 12.4 Å². The zero-order valence-corrected chi connectivity index (χ0v) is 14.0. The van der Waals surface area contributed by atoms with Crippen LogP contribution in [0.3, 0.4) is 0 Å². The molecule has 0 bridgehead atoms. The Hall–Kier alpha value is -3.72. The Morgan fingerprint density at radius 2 is 0.815 bits per heavy atom. The second kappa shape index (κ2) is 8.11. The molecule has 4 N–H and O–H groups in total. The number of carboxylic acids is 4. The van der Waals surface area contributed by atoms with E-state index in [9.17, 15) is 24.0 Å². The first-order valence-electron chi connectivity index (χ1n) is 6.89. The van der Waals surface area contributed by atoms with Crippen LogP contribution in [0, 0.1) is 0 Å². The summed E-state index contributed by atoms with van der Waals surface area (Å²) in [5.74, 6) is -6.86. The fourth-order valence-corrected chi connectivity index (χ4v) is 2.26. The third-order valence-electron chi connectivity index (χ3n) is 3.49. The average molecular weight is 395 g/mol. The predicted octanol–water partition coefficient (Wildman–Crippen LogP) is 2.13. The van der Waals surface area contributed by atoms with E-state index in [-0.39, 0.29) is 23.5 Å². The molecular weight excluding hydrogens is 384 g/mol. The molecule has 0 aliphatic carbocycles. The quantitative estimate of drug-likeness (QED) is 0.536. The van der Waals surface area contributed by atoms with Gasteiger partial charge in [0.25, 0.3) is 0 Å². The number of halogens is 1. The van der Waals surface area contributed by atoms with Crippen LogP contribution < -0.4 is 0 Å². The van der Waals surface area contributed by atoms with E-state index in [2.05, 4.69) is 0 Å². The van der Waals surface area contributed by atoms with Gasteiger partial charge in [-0.2, -0.15) is 0 Å². The van der Waals surface area contributed by atoms with Gasteiger partial charge in [-0.05, 0) is 24.3 Å². The van der Waals surface area contributed by atoms with Crippen molar-refractivity contribution in [2.24, 2.45) is 0 Å². The highest BCUT2D eigenvalue weighted by atomic mass is 35.5. The summed E-state index contributed by atoms with van der Waals surface area (Å²) in [4.78, 5) is 56.9. The van der Waals surface area contributed by atoms with Crippen LogP contribution in [0.4, 0.5) is 0 Å². The topological polar surface area (TPSA) is 166 Å². The van der Waals surface area contributed by atoms with Crippen LogP contribution in [0.25, 0.3) is 0 Å². The first-order chi connectivity index (χ1) is 12.1. The van der Waals surface area contributed by atoms with Crippen molar-refractivity contribution < 1.29 is 44.4 Å². The van der Waals surface area contributed by atoms with Crippen molar-refractivity contribution >= 4 is 42.1 Å². The molecule has 2 rings (SSSR count). The summed E-state index contributed by atoms with van der Waals surface area (Å²) in [7, 11) is 0. The Balaban J connectivity index is 0.00000364. The molecule has 140 valence electrons. The molecule has 2 aromatic carbocycles. The van der Waals surface area contributed by atoms with E-state index in [4.69, 9.17) is 20.4 Å². The second-order valence-corrected chi connectivity index (χ2v) is 5.07. The molecule has 0 heterocycles. The van der Waals surface area contributed by atoms with E-state index >= 15 is 0 Å². The zero-order chi connectivity index (χ0) is 19.6. The Bertz CT molecular complexity index is 901. The van der Waals surface area contributed by atoms with Crippen LogP contribution in [-0.4, -0.2) is 50.1 Å². The molecule has 0 aromatic heterocycles. The lowest BCUT2D eigenvalue weighted by Crippen LogP contribution is -2.13. The minimum atomic E-state index is -1.55. The van der Waals surface area contributed by atoms with Gasteiger partial charge in [0.1, 0.15) is 0 Å². The molecule has 0 fully saturated rings. The summed E-state index contributed by atoms with van der Waals surface area (Å²) in [6.07, 6.45) is 0. The molecule has 9 nitrogen and oxygen atoms in total. The van der Waals surface area contributed by atoms with Gasteiger partial charge in [-0.1, -0.05) is 12.1 Å². The van der Waals surface area contributed by atoms with Crippen molar-refractivity contribution in [2.45, 2.75) is 0 Å². The summed E-state index contributed by atoms with van der Waals surface area (Å²) in [5, 5.41) is 36.1. The van der Waals surface area contributed by atoms with Crippen LogP contribution in [0.5, 0.6) is 0 Å². The van der Waals surface area contributed by atoms with E-state index in [0.29, 0.717) is 0 Å². The summed E-state index contributed by atoms with van der Waals surface area (Å²) >= 11 is 0. The van der Waals surface area contributed by atoms with E-state index < -0.39 is 51.9 Å². The molecule has 0 saturated heterocycles. The summed E-state index contributed by atoms with van der Waals surface area (Å²) in [5.41, 5.74) is -2.62. The first kappa shape index (κ1) is 21.3. The normalized spacial score (nSPS) is 9.78. The minimum Gasteiger partial charge on any atom is -0.478 e. The highest BCUT2D eigenvalue weighted by molar-refractivity contribution is 6.13. The van der Waals surface area contributed by atoms with Crippen molar-refractivity contribution in [3.63, 3.8) is 0 Å². The Morgan fingerprint density at radius 1 is 0.519 bits per heavy atom. The molecule has 0 radical (unpaired) electrons. The van der Waals surface area contributed by atoms with E-state index in [1.807, 2.05) is 0 Å². The van der Waals surface area contributed by atoms with Gasteiger partial charge < -0.3 is 20.4 Å². The molecule has 0 amide bonds. The van der Waals surface area contributed by atoms with E-state index in [0.717, 1.165) is 36.4 Å². The van der Waals surface area contributed by atoms with Crippen LogP contribution in [0.15, 0.2) is 36.4 Å². The smallest absolute Gasteiger partial charge is 0.336 e. The van der Waals surface area contributed by atoms with Gasteiger partial charge in [0.2, 0.25) is 0 Å². The Kier molecular flexibility index (Phi) is 6.40. The van der Waals surface area contributed by atoms with Crippen molar-refractivity contribution in [3.05, 3.63) is 69.8 Å². The van der Waals surface area contributed by atoms with Gasteiger partial charge in [0.05, 0.1) is 22.3 Å². The van der Waals surface area contributed by atoms with Crippen molar-refractivity contribution in [2.75, 3.05) is 0 Å².